The number of hydrogen-bond acceptors (Lipinski definition) is 7. The molecular weight excluding hydrogens is 514 g/mol. The Balaban J connectivity index is 0.00000177. The maximum absolute atomic E-state index is 13.1. The summed E-state index contributed by atoms with van der Waals surface area (Å²) in [6, 6.07) is 15.3. The summed E-state index contributed by atoms with van der Waals surface area (Å²) in [4.78, 5) is 52.4. The van der Waals surface area contributed by atoms with E-state index in [4.69, 9.17) is 9.47 Å². The molecule has 0 saturated carbocycles. The van der Waals surface area contributed by atoms with E-state index in [1.54, 1.807) is 49.9 Å². The molecule has 0 atom stereocenters. The Labute approximate surface area is 237 Å². The molecule has 1 amide bonds. The fourth-order valence-corrected chi connectivity index (χ4v) is 4.29. The minimum absolute atomic E-state index is 0.0285. The summed E-state index contributed by atoms with van der Waals surface area (Å²) >= 11 is 1.57. The van der Waals surface area contributed by atoms with E-state index < -0.39 is 35.6 Å². The van der Waals surface area contributed by atoms with E-state index in [0.29, 0.717) is 5.56 Å². The first-order valence-corrected chi connectivity index (χ1v) is 14.5. The molecule has 0 aromatic heterocycles. The number of amides is 1. The van der Waals surface area contributed by atoms with E-state index in [1.165, 1.54) is 18.4 Å². The molecule has 2 aromatic carbocycles. The topological polar surface area (TPSA) is 98.8 Å². The largest absolute Gasteiger partial charge is 0.464 e. The number of carbonyl (C=O) groups is 4. The highest BCUT2D eigenvalue weighted by Crippen LogP contribution is 2.29. The number of esters is 2. The van der Waals surface area contributed by atoms with Crippen LogP contribution in [0, 0.1) is 0 Å². The van der Waals surface area contributed by atoms with Gasteiger partial charge in [0.05, 0.1) is 19.6 Å². The third kappa shape index (κ3) is 11.2. The summed E-state index contributed by atoms with van der Waals surface area (Å²) in [6.45, 7) is 10.8. The number of benzene rings is 2. The van der Waals surface area contributed by atoms with Crippen LogP contribution in [0.2, 0.25) is 0 Å². The van der Waals surface area contributed by atoms with Gasteiger partial charge in [-0.05, 0) is 56.5 Å². The molecule has 0 radical (unpaired) electrons. The Morgan fingerprint density at radius 2 is 1.23 bits per heavy atom. The fourth-order valence-electron chi connectivity index (χ4n) is 3.48. The fraction of sp³-hybridized carbons (Fsp3) is 0.484. The van der Waals surface area contributed by atoms with Crippen molar-refractivity contribution >= 4 is 35.4 Å². The minimum Gasteiger partial charge on any atom is -0.464 e. The predicted octanol–water partition coefficient (Wildman–Crippen LogP) is 6.56. The number of Topliss-reactive ketones (excluding diaryl/α,β-unsaturated/α-hetero) is 1. The zero-order valence-electron chi connectivity index (χ0n) is 24.1. The summed E-state index contributed by atoms with van der Waals surface area (Å²) in [7, 11) is 0. The van der Waals surface area contributed by atoms with Crippen molar-refractivity contribution in [2.45, 2.75) is 95.4 Å². The molecule has 0 unspecified atom stereocenters. The zero-order chi connectivity index (χ0) is 29.3. The molecule has 0 aliphatic carbocycles. The molecule has 0 aliphatic heterocycles. The van der Waals surface area contributed by atoms with Crippen molar-refractivity contribution < 1.29 is 28.7 Å². The molecule has 7 nitrogen and oxygen atoms in total. The van der Waals surface area contributed by atoms with Gasteiger partial charge in [0.15, 0.2) is 5.78 Å². The molecular formula is C31H43NO6S. The lowest BCUT2D eigenvalue weighted by atomic mass is 9.90. The quantitative estimate of drug-likeness (QED) is 0.159. The van der Waals surface area contributed by atoms with Gasteiger partial charge in [-0.15, -0.1) is 0 Å². The number of nitrogens with one attached hydrogen (secondary N) is 1. The van der Waals surface area contributed by atoms with Gasteiger partial charge in [0.1, 0.15) is 0 Å². The summed E-state index contributed by atoms with van der Waals surface area (Å²) in [6.07, 6.45) is 5.41. The van der Waals surface area contributed by atoms with Crippen LogP contribution in [0.5, 0.6) is 0 Å². The Morgan fingerprint density at radius 1 is 0.744 bits per heavy atom. The number of ether oxygens (including phenoxy) is 2. The Kier molecular flexibility index (Phi) is 15.8. The van der Waals surface area contributed by atoms with Gasteiger partial charge in [0, 0.05) is 22.3 Å². The number of aryl methyl sites for hydroxylation is 1. The summed E-state index contributed by atoms with van der Waals surface area (Å²) in [5.74, 6) is -3.23. The second-order valence-electron chi connectivity index (χ2n) is 9.00. The lowest BCUT2D eigenvalue weighted by Gasteiger charge is -2.29. The molecule has 2 aromatic rings. The molecule has 1 N–H and O–H groups in total. The number of ketones is 1. The van der Waals surface area contributed by atoms with Gasteiger partial charge in [-0.2, -0.15) is 0 Å². The average molecular weight is 558 g/mol. The van der Waals surface area contributed by atoms with Crippen molar-refractivity contribution in [2.24, 2.45) is 0 Å². The number of hydrogen-bond donors (Lipinski definition) is 1. The van der Waals surface area contributed by atoms with Gasteiger partial charge in [-0.1, -0.05) is 76.1 Å². The number of rotatable bonds is 14. The second kappa shape index (κ2) is 18.2. The first-order valence-electron chi connectivity index (χ1n) is 13.7. The zero-order valence-corrected chi connectivity index (χ0v) is 24.9. The van der Waals surface area contributed by atoms with Gasteiger partial charge in [-0.25, -0.2) is 9.59 Å². The van der Waals surface area contributed by atoms with Crippen LogP contribution >= 0.6 is 11.8 Å². The maximum atomic E-state index is 13.1. The van der Waals surface area contributed by atoms with Crippen LogP contribution in [-0.4, -0.2) is 42.4 Å². The standard InChI is InChI=1S/C27H33NO6S.C4H10/c1-5-8-9-20-10-14-22(15-11-20)35-23-16-12-21(13-17-23)24(30)18-27(28-19(4)29,25(31)33-6-2)26(32)34-7-3;1-3-4-2/h10-17H,5-9,18H2,1-4H3,(H,28,29);3-4H2,1-2H3. The van der Waals surface area contributed by atoms with Gasteiger partial charge >= 0.3 is 11.9 Å². The lowest BCUT2D eigenvalue weighted by molar-refractivity contribution is -0.167. The van der Waals surface area contributed by atoms with Crippen molar-refractivity contribution in [1.29, 1.82) is 0 Å². The normalized spacial score (nSPS) is 10.6. The van der Waals surface area contributed by atoms with Gasteiger partial charge in [0.2, 0.25) is 11.4 Å². The van der Waals surface area contributed by atoms with Crippen molar-refractivity contribution in [2.75, 3.05) is 13.2 Å². The van der Waals surface area contributed by atoms with Gasteiger partial charge < -0.3 is 14.8 Å². The monoisotopic (exact) mass is 557 g/mol. The highest BCUT2D eigenvalue weighted by molar-refractivity contribution is 7.99. The summed E-state index contributed by atoms with van der Waals surface area (Å²) < 4.78 is 10.0. The van der Waals surface area contributed by atoms with E-state index in [0.717, 1.165) is 36.0 Å². The number of unbranched alkanes of at least 4 members (excludes halogenated alkanes) is 2. The van der Waals surface area contributed by atoms with Crippen molar-refractivity contribution in [3.05, 3.63) is 59.7 Å². The molecule has 0 heterocycles. The highest BCUT2D eigenvalue weighted by Gasteiger charge is 2.51. The van der Waals surface area contributed by atoms with Crippen LogP contribution in [0.3, 0.4) is 0 Å². The third-order valence-electron chi connectivity index (χ3n) is 5.72. The van der Waals surface area contributed by atoms with Gasteiger partial charge in [-0.3, -0.25) is 9.59 Å². The first kappa shape index (κ1) is 33.9. The average Bonchev–Trinajstić information content (AvgIpc) is 2.92. The lowest BCUT2D eigenvalue weighted by Crippen LogP contribution is -2.62. The molecule has 39 heavy (non-hydrogen) atoms. The number of carbonyl (C=O) groups excluding carboxylic acids is 4. The van der Waals surface area contributed by atoms with E-state index in [1.807, 2.05) is 0 Å². The SMILES string of the molecule is CCCC.CCCCc1ccc(Sc2ccc(C(=O)CC(NC(C)=O)(C(=O)OCC)C(=O)OCC)cc2)cc1. The van der Waals surface area contributed by atoms with E-state index in [2.05, 4.69) is 50.4 Å². The van der Waals surface area contributed by atoms with E-state index in [9.17, 15) is 19.2 Å². The molecule has 0 aliphatic rings. The van der Waals surface area contributed by atoms with Crippen LogP contribution in [0.15, 0.2) is 58.3 Å². The molecule has 0 spiro atoms. The van der Waals surface area contributed by atoms with E-state index in [-0.39, 0.29) is 13.2 Å². The van der Waals surface area contributed by atoms with Crippen LogP contribution in [0.1, 0.15) is 89.6 Å². The predicted molar refractivity (Wildman–Crippen MR) is 155 cm³/mol. The van der Waals surface area contributed by atoms with Crippen LogP contribution in [-0.2, 0) is 30.3 Å². The van der Waals surface area contributed by atoms with Crippen molar-refractivity contribution in [3.63, 3.8) is 0 Å². The summed E-state index contributed by atoms with van der Waals surface area (Å²) in [5.41, 5.74) is -0.641. The summed E-state index contributed by atoms with van der Waals surface area (Å²) in [5, 5.41) is 2.31. The van der Waals surface area contributed by atoms with E-state index >= 15 is 0 Å². The molecule has 0 bridgehead atoms. The minimum atomic E-state index is -2.25. The molecule has 0 fully saturated rings. The first-order chi connectivity index (χ1) is 18.7. The van der Waals surface area contributed by atoms with Crippen LogP contribution in [0.25, 0.3) is 0 Å². The Bertz CT molecular complexity index is 1030. The van der Waals surface area contributed by atoms with Crippen molar-refractivity contribution in [1.82, 2.24) is 5.32 Å². The molecule has 214 valence electrons. The van der Waals surface area contributed by atoms with Crippen LogP contribution < -0.4 is 5.32 Å². The maximum Gasteiger partial charge on any atom is 0.344 e. The Hall–Kier alpha value is -3.13. The molecule has 8 heteroatoms. The van der Waals surface area contributed by atoms with Gasteiger partial charge in [0.25, 0.3) is 0 Å². The van der Waals surface area contributed by atoms with Crippen LogP contribution in [0.4, 0.5) is 0 Å². The molecule has 2 rings (SSSR count). The molecule has 0 saturated heterocycles. The Morgan fingerprint density at radius 3 is 1.64 bits per heavy atom. The highest BCUT2D eigenvalue weighted by atomic mass is 32.2. The second-order valence-corrected chi connectivity index (χ2v) is 10.1. The smallest absolute Gasteiger partial charge is 0.344 e. The third-order valence-corrected chi connectivity index (χ3v) is 6.73. The van der Waals surface area contributed by atoms with Crippen molar-refractivity contribution in [3.8, 4) is 0 Å².